The second-order valence-corrected chi connectivity index (χ2v) is 5.14. The quantitative estimate of drug-likeness (QED) is 0.576. The van der Waals surface area contributed by atoms with Crippen molar-refractivity contribution >= 4 is 27.8 Å². The summed E-state index contributed by atoms with van der Waals surface area (Å²) in [6.45, 7) is 6.46. The monoisotopic (exact) mass is 293 g/mol. The molecule has 0 fully saturated rings. The molecule has 1 N–H and O–H groups in total. The van der Waals surface area contributed by atoms with Gasteiger partial charge in [0.15, 0.2) is 0 Å². The molecule has 0 saturated carbocycles. The van der Waals surface area contributed by atoms with Crippen molar-refractivity contribution in [2.24, 2.45) is 5.92 Å². The molecular weight excluding hydrogens is 274 g/mol. The number of carbonyl (C=O) groups excluding carboxylic acids is 2. The summed E-state index contributed by atoms with van der Waals surface area (Å²) >= 11 is 3.38. The van der Waals surface area contributed by atoms with Gasteiger partial charge in [-0.05, 0) is 13.3 Å². The molecule has 0 radical (unpaired) electrons. The van der Waals surface area contributed by atoms with E-state index in [1.807, 2.05) is 13.8 Å². The summed E-state index contributed by atoms with van der Waals surface area (Å²) in [7, 11) is 0. The largest absolute Gasteiger partial charge is 0.466 e. The number of carbonyl (C=O) groups is 2. The SMILES string of the molecule is CCOC(=O)CC(Br)CCNC(=O)C(C)C. The molecular formula is C11H20BrNO3. The average molecular weight is 294 g/mol. The number of hydrogen-bond acceptors (Lipinski definition) is 3. The molecule has 4 nitrogen and oxygen atoms in total. The minimum atomic E-state index is -0.209. The normalized spacial score (nSPS) is 12.3. The molecule has 1 unspecified atom stereocenters. The highest BCUT2D eigenvalue weighted by Gasteiger charge is 2.12. The van der Waals surface area contributed by atoms with Crippen LogP contribution in [0, 0.1) is 5.92 Å². The van der Waals surface area contributed by atoms with Gasteiger partial charge >= 0.3 is 5.97 Å². The van der Waals surface area contributed by atoms with E-state index in [0.29, 0.717) is 19.6 Å². The highest BCUT2D eigenvalue weighted by atomic mass is 79.9. The van der Waals surface area contributed by atoms with Gasteiger partial charge in [0.05, 0.1) is 13.0 Å². The van der Waals surface area contributed by atoms with Gasteiger partial charge in [0.2, 0.25) is 5.91 Å². The average Bonchev–Trinajstić information content (AvgIpc) is 2.17. The van der Waals surface area contributed by atoms with Crippen molar-refractivity contribution in [2.45, 2.75) is 38.4 Å². The smallest absolute Gasteiger partial charge is 0.306 e. The van der Waals surface area contributed by atoms with Crippen molar-refractivity contribution in [3.8, 4) is 0 Å². The van der Waals surface area contributed by atoms with Crippen molar-refractivity contribution in [3.05, 3.63) is 0 Å². The number of nitrogens with one attached hydrogen (secondary N) is 1. The highest BCUT2D eigenvalue weighted by Crippen LogP contribution is 2.10. The Hall–Kier alpha value is -0.580. The molecule has 0 heterocycles. The third-order valence-electron chi connectivity index (χ3n) is 1.97. The van der Waals surface area contributed by atoms with Gasteiger partial charge in [0, 0.05) is 17.3 Å². The Morgan fingerprint density at radius 1 is 1.38 bits per heavy atom. The van der Waals surface area contributed by atoms with Crippen LogP contribution in [0.25, 0.3) is 0 Å². The van der Waals surface area contributed by atoms with Crippen LogP contribution < -0.4 is 5.32 Å². The van der Waals surface area contributed by atoms with Crippen LogP contribution in [-0.2, 0) is 14.3 Å². The van der Waals surface area contributed by atoms with Crippen LogP contribution in [-0.4, -0.2) is 29.9 Å². The number of rotatable bonds is 7. The molecule has 1 amide bonds. The first-order chi connectivity index (χ1) is 7.47. The number of hydrogen-bond donors (Lipinski definition) is 1. The van der Waals surface area contributed by atoms with E-state index in [9.17, 15) is 9.59 Å². The summed E-state index contributed by atoms with van der Waals surface area (Å²) in [4.78, 5) is 22.4. The Kier molecular flexibility index (Phi) is 8.25. The Balaban J connectivity index is 3.61. The van der Waals surface area contributed by atoms with Crippen LogP contribution in [0.5, 0.6) is 0 Å². The fourth-order valence-corrected chi connectivity index (χ4v) is 1.55. The summed E-state index contributed by atoms with van der Waals surface area (Å²) in [5.74, 6) is -0.172. The van der Waals surface area contributed by atoms with E-state index < -0.39 is 0 Å². The van der Waals surface area contributed by atoms with Gasteiger partial charge in [-0.3, -0.25) is 9.59 Å². The summed E-state index contributed by atoms with van der Waals surface area (Å²) in [6.07, 6.45) is 1.06. The first-order valence-electron chi connectivity index (χ1n) is 5.54. The zero-order chi connectivity index (χ0) is 12.6. The molecule has 0 aliphatic rings. The van der Waals surface area contributed by atoms with E-state index in [1.165, 1.54) is 0 Å². The minimum Gasteiger partial charge on any atom is -0.466 e. The lowest BCUT2D eigenvalue weighted by atomic mass is 10.2. The summed E-state index contributed by atoms with van der Waals surface area (Å²) in [5.41, 5.74) is 0. The molecule has 0 aromatic heterocycles. The number of ether oxygens (including phenoxy) is 1. The summed E-state index contributed by atoms with van der Waals surface area (Å²) in [6, 6.07) is 0. The maximum Gasteiger partial charge on any atom is 0.306 e. The van der Waals surface area contributed by atoms with Crippen LogP contribution in [0.1, 0.15) is 33.6 Å². The molecule has 1 atom stereocenters. The number of halogens is 1. The lowest BCUT2D eigenvalue weighted by molar-refractivity contribution is -0.143. The van der Waals surface area contributed by atoms with Gasteiger partial charge in [-0.2, -0.15) is 0 Å². The highest BCUT2D eigenvalue weighted by molar-refractivity contribution is 9.09. The maximum atomic E-state index is 11.2. The molecule has 5 heteroatoms. The molecule has 0 saturated heterocycles. The molecule has 0 aromatic rings. The molecule has 0 aliphatic carbocycles. The minimum absolute atomic E-state index is 0.00108. The molecule has 0 spiro atoms. The van der Waals surface area contributed by atoms with Gasteiger partial charge in [0.1, 0.15) is 0 Å². The van der Waals surface area contributed by atoms with Crippen molar-refractivity contribution < 1.29 is 14.3 Å². The van der Waals surface area contributed by atoms with Crippen LogP contribution in [0.2, 0.25) is 0 Å². The number of alkyl halides is 1. The summed E-state index contributed by atoms with van der Waals surface area (Å²) < 4.78 is 4.82. The zero-order valence-electron chi connectivity index (χ0n) is 10.1. The topological polar surface area (TPSA) is 55.4 Å². The second kappa shape index (κ2) is 8.56. The van der Waals surface area contributed by atoms with Crippen LogP contribution in [0.15, 0.2) is 0 Å². The predicted molar refractivity (Wildman–Crippen MR) is 66.4 cm³/mol. The van der Waals surface area contributed by atoms with Gasteiger partial charge in [-0.25, -0.2) is 0 Å². The van der Waals surface area contributed by atoms with E-state index >= 15 is 0 Å². The van der Waals surface area contributed by atoms with Crippen molar-refractivity contribution in [3.63, 3.8) is 0 Å². The van der Waals surface area contributed by atoms with Gasteiger partial charge < -0.3 is 10.1 Å². The predicted octanol–water partition coefficient (Wildman–Crippen LogP) is 1.87. The molecule has 0 aliphatic heterocycles. The second-order valence-electron chi connectivity index (χ2n) is 3.84. The fourth-order valence-electron chi connectivity index (χ4n) is 1.06. The first kappa shape index (κ1) is 15.4. The standard InChI is InChI=1S/C11H20BrNO3/c1-4-16-10(14)7-9(12)5-6-13-11(15)8(2)3/h8-9H,4-7H2,1-3H3,(H,13,15). The first-order valence-corrected chi connectivity index (χ1v) is 6.46. The van der Waals surface area contributed by atoms with Crippen LogP contribution in [0.3, 0.4) is 0 Å². The lowest BCUT2D eigenvalue weighted by Crippen LogP contribution is -2.30. The van der Waals surface area contributed by atoms with Gasteiger partial charge in [0.25, 0.3) is 0 Å². The molecule has 16 heavy (non-hydrogen) atoms. The van der Waals surface area contributed by atoms with Gasteiger partial charge in [-0.15, -0.1) is 0 Å². The van der Waals surface area contributed by atoms with Crippen LogP contribution >= 0.6 is 15.9 Å². The van der Waals surface area contributed by atoms with Crippen molar-refractivity contribution in [1.82, 2.24) is 5.32 Å². The van der Waals surface area contributed by atoms with Gasteiger partial charge in [-0.1, -0.05) is 29.8 Å². The van der Waals surface area contributed by atoms with E-state index in [2.05, 4.69) is 21.2 Å². The molecule has 94 valence electrons. The molecule has 0 rings (SSSR count). The Labute approximate surface area is 105 Å². The third kappa shape index (κ3) is 7.68. The van der Waals surface area contributed by atoms with Crippen LogP contribution in [0.4, 0.5) is 0 Å². The third-order valence-corrected chi connectivity index (χ3v) is 2.76. The number of esters is 1. The molecule has 0 bridgehead atoms. The Morgan fingerprint density at radius 2 is 2.00 bits per heavy atom. The lowest BCUT2D eigenvalue weighted by Gasteiger charge is -2.11. The molecule has 0 aromatic carbocycles. The Morgan fingerprint density at radius 3 is 2.50 bits per heavy atom. The van der Waals surface area contributed by atoms with E-state index in [0.717, 1.165) is 6.42 Å². The fraction of sp³-hybridized carbons (Fsp3) is 0.818. The summed E-state index contributed by atoms with van der Waals surface area (Å²) in [5, 5.41) is 2.80. The van der Waals surface area contributed by atoms with E-state index in [-0.39, 0.29) is 22.6 Å². The van der Waals surface area contributed by atoms with E-state index in [4.69, 9.17) is 4.74 Å². The Bertz CT molecular complexity index is 231. The van der Waals surface area contributed by atoms with Crippen molar-refractivity contribution in [2.75, 3.05) is 13.2 Å². The van der Waals surface area contributed by atoms with E-state index in [1.54, 1.807) is 6.92 Å². The maximum absolute atomic E-state index is 11.2. The van der Waals surface area contributed by atoms with Crippen molar-refractivity contribution in [1.29, 1.82) is 0 Å². The zero-order valence-corrected chi connectivity index (χ0v) is 11.7. The number of amides is 1.